The number of hydrogen-bond acceptors (Lipinski definition) is 15. The van der Waals surface area contributed by atoms with E-state index in [2.05, 4.69) is 23.3 Å². The Kier molecular flexibility index (Phi) is 13.2. The predicted molar refractivity (Wildman–Crippen MR) is 345 cm³/mol. The van der Waals surface area contributed by atoms with Crippen LogP contribution in [-0.4, -0.2) is 11.6 Å². The second-order valence-corrected chi connectivity index (χ2v) is 26.9. The van der Waals surface area contributed by atoms with Crippen molar-refractivity contribution in [1.29, 1.82) is 26.3 Å². The Morgan fingerprint density at radius 1 is 0.516 bits per heavy atom. The van der Waals surface area contributed by atoms with Crippen molar-refractivity contribution < 1.29 is 27.8 Å². The maximum atomic E-state index is 17.0. The van der Waals surface area contributed by atoms with Crippen molar-refractivity contribution >= 4 is 103 Å². The molecule has 3 aliphatic heterocycles. The van der Waals surface area contributed by atoms with Gasteiger partial charge in [0.05, 0.1) is 72.7 Å². The number of thiophene rings is 4. The maximum Gasteiger partial charge on any atom is 0.528 e. The summed E-state index contributed by atoms with van der Waals surface area (Å²) in [6.45, 7) is 31.0. The van der Waals surface area contributed by atoms with Gasteiger partial charge in [0.1, 0.15) is 71.5 Å². The van der Waals surface area contributed by atoms with Gasteiger partial charge in [-0.1, -0.05) is 24.3 Å². The fourth-order valence-corrected chi connectivity index (χ4v) is 16.8. The topological polar surface area (TPSA) is 209 Å². The van der Waals surface area contributed by atoms with Gasteiger partial charge in [0.15, 0.2) is 23.2 Å². The number of ether oxygens (including phenoxy) is 2. The van der Waals surface area contributed by atoms with Crippen molar-refractivity contribution in [1.82, 2.24) is 0 Å². The first kappa shape index (κ1) is 57.2. The fourth-order valence-electron chi connectivity index (χ4n) is 12.0. The van der Waals surface area contributed by atoms with Crippen LogP contribution in [0.2, 0.25) is 0 Å². The molecular weight excluding hydrogens is 1240 g/mol. The van der Waals surface area contributed by atoms with E-state index >= 15 is 8.78 Å². The molecule has 91 heavy (non-hydrogen) atoms. The first-order valence-corrected chi connectivity index (χ1v) is 31.2. The van der Waals surface area contributed by atoms with E-state index in [9.17, 15) is 35.9 Å². The van der Waals surface area contributed by atoms with Gasteiger partial charge in [0, 0.05) is 79.4 Å². The van der Waals surface area contributed by atoms with Crippen molar-refractivity contribution in [3.05, 3.63) is 231 Å². The van der Waals surface area contributed by atoms with Gasteiger partial charge in [-0.2, -0.15) is 39.5 Å². The summed E-state index contributed by atoms with van der Waals surface area (Å²) >= 11 is 6.09. The molecule has 0 spiro atoms. The van der Waals surface area contributed by atoms with Crippen LogP contribution in [0.25, 0.3) is 100 Å². The molecule has 0 fully saturated rings. The predicted octanol–water partition coefficient (Wildman–Crippen LogP) is 18.9. The molecular formula is C70H30F2N10O4S5. The number of carbonyl (C=O) groups is 2. The summed E-state index contributed by atoms with van der Waals surface area (Å²) in [6, 6.07) is 37.7. The number of fused-ring (bicyclic) bond motifs is 9. The third kappa shape index (κ3) is 8.77. The molecule has 14 nitrogen and oxygen atoms in total. The minimum absolute atomic E-state index is 0.000939. The van der Waals surface area contributed by atoms with Crippen molar-refractivity contribution in [2.24, 2.45) is 8.73 Å². The third-order valence-corrected chi connectivity index (χ3v) is 21.2. The van der Waals surface area contributed by atoms with Crippen LogP contribution in [0.5, 0.6) is 11.5 Å². The number of ketones is 2. The Balaban J connectivity index is 0.750. The van der Waals surface area contributed by atoms with E-state index < -0.39 is 34.4 Å². The lowest BCUT2D eigenvalue weighted by Gasteiger charge is -2.33. The minimum atomic E-state index is -1.07. The molecule has 5 aliphatic rings. The van der Waals surface area contributed by atoms with Gasteiger partial charge in [-0.25, -0.2) is 18.9 Å². The number of nitrogens with zero attached hydrogens (tertiary/aromatic N) is 10. The molecule has 0 saturated heterocycles. The van der Waals surface area contributed by atoms with Crippen LogP contribution in [-0.2, 0) is 22.6 Å². The summed E-state index contributed by atoms with van der Waals surface area (Å²) in [7, 11) is 0. The van der Waals surface area contributed by atoms with Crippen LogP contribution in [0.3, 0.4) is 0 Å². The largest absolute Gasteiger partial charge is 0.528 e. The Bertz CT molecular complexity index is 5230. The molecule has 5 aromatic carbocycles. The smallest absolute Gasteiger partial charge is 0.482 e. The van der Waals surface area contributed by atoms with Crippen molar-refractivity contribution in [3.8, 4) is 104 Å². The lowest BCUT2D eigenvalue weighted by atomic mass is 9.88. The highest BCUT2D eigenvalue weighted by atomic mass is 32.1. The summed E-state index contributed by atoms with van der Waals surface area (Å²) in [4.78, 5) is 43.4. The zero-order valence-corrected chi connectivity index (χ0v) is 51.4. The molecule has 0 radical (unpaired) electrons. The highest BCUT2D eigenvalue weighted by Crippen LogP contribution is 2.57. The van der Waals surface area contributed by atoms with Crippen molar-refractivity contribution in [3.63, 3.8) is 0 Å². The molecule has 0 saturated carbocycles. The molecule has 0 unspecified atom stereocenters. The zero-order chi connectivity index (χ0) is 63.7. The normalized spacial score (nSPS) is 15.9. The molecule has 428 valence electrons. The lowest BCUT2D eigenvalue weighted by Crippen LogP contribution is -2.28. The Hall–Kier alpha value is -11.6. The number of rotatable bonds is 6. The standard InChI is InChI=1S/C70H30F2N10O4S5/c1-69(2)47-20-31(8-10-39(47)66-50(85-69)24-37(87-66)22-45-56(49(30-77)78-5)41-16-33(26-73)35(28-75)18-43(41)64(45)83)52-12-14-54(89-52)58-60(71)61(72)59(63-62(58)81-91-82-63)55-15-13-53(90-55)32-9-11-40-48(21-32)70(3,4)86-51-25-38(88-67(40)51)23-46-57(68(79-6)80-7)42-17-34(27-74)36(29-76)19-44(42)65(46)84/h8-25H,1-4H3/b45-22-,46-23-,56-49-. The Morgan fingerprint density at radius 2 is 0.923 bits per heavy atom. The van der Waals surface area contributed by atoms with E-state index in [1.807, 2.05) is 107 Å². The number of Topliss-reactive ketones (excluding diaryl/α,β-unsaturated/α-hetero) is 2. The second kappa shape index (κ2) is 21.0. The molecule has 4 aromatic heterocycles. The summed E-state index contributed by atoms with van der Waals surface area (Å²) in [5.41, 5.74) is 4.42. The Labute approximate surface area is 536 Å². The van der Waals surface area contributed by atoms with Gasteiger partial charge in [-0.05, 0) is 135 Å². The molecule has 9 aromatic rings. The monoisotopic (exact) mass is 1270 g/mol. The number of carbonyl (C=O) groups excluding carboxylic acids is 2. The first-order valence-electron chi connectivity index (χ1n) is 27.2. The summed E-state index contributed by atoms with van der Waals surface area (Å²) < 4.78 is 56.3. The van der Waals surface area contributed by atoms with E-state index in [-0.39, 0.29) is 101 Å². The van der Waals surface area contributed by atoms with Gasteiger partial charge in [0.2, 0.25) is 0 Å². The number of hydrogen-bond donors (Lipinski definition) is 0. The third-order valence-electron chi connectivity index (χ3n) is 16.2. The quantitative estimate of drug-likeness (QED) is 0.0879. The average Bonchev–Trinajstić information content (AvgIpc) is 1.71. The van der Waals surface area contributed by atoms with Gasteiger partial charge < -0.3 is 9.47 Å². The lowest BCUT2D eigenvalue weighted by molar-refractivity contribution is 0.103. The van der Waals surface area contributed by atoms with Crippen LogP contribution in [0.15, 0.2) is 128 Å². The molecule has 0 N–H and O–H groups in total. The SMILES string of the molecule is [C-]#[N+]C([N+]#[C-])=C1/C(=C/c2cc3c(s2)-c2ccc(-c4ccc(-c5c(F)c(F)c(-c6ccc(-c7ccc8c(c7)C(C)(C)Oc7cc(/C=C9\C(=O)c%10cc(C#N)c(C#N)cc%10\C9=C(/C#N)[N+]#[C-])sc7-8)s6)c6c5N=S=N6)s4)cc2C(C)(C)O3)C(=O)c2cc(C#N)c(C#N)cc21. The number of benzene rings is 5. The molecule has 7 heterocycles. The number of allylic oxidation sites excluding steroid dienone is 5. The maximum absolute atomic E-state index is 17.0. The highest BCUT2D eigenvalue weighted by Gasteiger charge is 2.41. The Morgan fingerprint density at radius 3 is 1.33 bits per heavy atom. The number of nitriles is 5. The van der Waals surface area contributed by atoms with Crippen LogP contribution in [0, 0.1) is 88.0 Å². The van der Waals surface area contributed by atoms with Gasteiger partial charge in [0.25, 0.3) is 5.70 Å². The van der Waals surface area contributed by atoms with E-state index in [0.29, 0.717) is 31.0 Å². The second-order valence-electron chi connectivity index (χ2n) is 22.1. The van der Waals surface area contributed by atoms with Crippen LogP contribution in [0.1, 0.15) is 103 Å². The van der Waals surface area contributed by atoms with Crippen molar-refractivity contribution in [2.45, 2.75) is 38.9 Å². The van der Waals surface area contributed by atoms with Gasteiger partial charge in [-0.15, -0.1) is 45.3 Å². The molecule has 21 heteroatoms. The van der Waals surface area contributed by atoms with Gasteiger partial charge >= 0.3 is 5.82 Å². The van der Waals surface area contributed by atoms with E-state index in [0.717, 1.165) is 64.2 Å². The number of halogens is 2. The molecule has 2 aliphatic carbocycles. The van der Waals surface area contributed by atoms with E-state index in [4.69, 9.17) is 29.2 Å². The van der Waals surface area contributed by atoms with Crippen LogP contribution >= 0.6 is 45.3 Å². The minimum Gasteiger partial charge on any atom is -0.482 e. The highest BCUT2D eigenvalue weighted by molar-refractivity contribution is 7.58. The fraction of sp³-hybridized carbons (Fsp3) is 0.0857. The van der Waals surface area contributed by atoms with Crippen molar-refractivity contribution in [2.75, 3.05) is 0 Å². The van der Waals surface area contributed by atoms with Gasteiger partial charge in [-0.3, -0.25) is 9.59 Å². The van der Waals surface area contributed by atoms with Crippen LogP contribution < -0.4 is 9.47 Å². The molecule has 0 amide bonds. The zero-order valence-electron chi connectivity index (χ0n) is 47.3. The molecule has 14 rings (SSSR count). The van der Waals surface area contributed by atoms with E-state index in [1.54, 1.807) is 36.4 Å². The summed E-state index contributed by atoms with van der Waals surface area (Å²) in [6.07, 6.45) is 3.20. The summed E-state index contributed by atoms with van der Waals surface area (Å²) in [5.74, 6) is -2.36. The first-order chi connectivity index (χ1) is 43.8. The van der Waals surface area contributed by atoms with E-state index in [1.165, 1.54) is 69.6 Å². The molecule has 0 bridgehead atoms. The summed E-state index contributed by atoms with van der Waals surface area (Å²) in [5, 5.41) is 48.9. The molecule has 0 atom stereocenters. The average molecular weight is 1270 g/mol. The van der Waals surface area contributed by atoms with Crippen LogP contribution in [0.4, 0.5) is 20.2 Å².